The molecule has 0 aliphatic carbocycles. The molecule has 1 amide bonds. The molecule has 1 aliphatic rings. The number of anilines is 1. The van der Waals surface area contributed by atoms with E-state index in [9.17, 15) is 14.4 Å². The number of amides is 1. The molecule has 1 atom stereocenters. The van der Waals surface area contributed by atoms with E-state index in [4.69, 9.17) is 14.8 Å². The lowest BCUT2D eigenvalue weighted by atomic mass is 10.0. The van der Waals surface area contributed by atoms with E-state index in [1.165, 1.54) is 4.90 Å². The van der Waals surface area contributed by atoms with Crippen LogP contribution in [0.5, 0.6) is 0 Å². The Balaban J connectivity index is 1.84. The Morgan fingerprint density at radius 2 is 1.91 bits per heavy atom. The number of ether oxygens (including phenoxy) is 1. The molecule has 2 aromatic heterocycles. The fraction of sp³-hybridized carbons (Fsp3) is 0.400. The van der Waals surface area contributed by atoms with E-state index in [0.717, 1.165) is 5.56 Å². The van der Waals surface area contributed by atoms with Gasteiger partial charge in [-0.25, -0.2) is 9.97 Å². The largest absolute Gasteiger partial charge is 0.481 e. The van der Waals surface area contributed by atoms with Crippen molar-refractivity contribution < 1.29 is 19.4 Å². The molecule has 1 saturated heterocycles. The normalized spacial score (nSPS) is 14.5. The van der Waals surface area contributed by atoms with E-state index in [-0.39, 0.29) is 36.3 Å². The van der Waals surface area contributed by atoms with Crippen molar-refractivity contribution in [2.75, 3.05) is 25.2 Å². The maximum atomic E-state index is 13.6. The SMILES string of the molecule is CC[C@@H](c1ccccc1)n1c(=O)c(CCCC(=O)O)nc2ccc(N(C)C(=O)C3COC3)nc21. The predicted molar refractivity (Wildman–Crippen MR) is 127 cm³/mol. The van der Waals surface area contributed by atoms with Gasteiger partial charge in [-0.15, -0.1) is 0 Å². The molecular formula is C25H28N4O5. The summed E-state index contributed by atoms with van der Waals surface area (Å²) in [5, 5.41) is 9.00. The Bertz CT molecular complexity index is 1250. The highest BCUT2D eigenvalue weighted by atomic mass is 16.5. The third kappa shape index (κ3) is 4.70. The first-order valence-electron chi connectivity index (χ1n) is 11.4. The summed E-state index contributed by atoms with van der Waals surface area (Å²) in [5.74, 6) is -0.749. The number of hydrogen-bond donors (Lipinski definition) is 1. The number of aliphatic carboxylic acids is 1. The number of carboxylic acids is 1. The second-order valence-corrected chi connectivity index (χ2v) is 8.46. The van der Waals surface area contributed by atoms with Gasteiger partial charge in [0.05, 0.1) is 25.2 Å². The zero-order chi connectivity index (χ0) is 24.2. The van der Waals surface area contributed by atoms with Gasteiger partial charge >= 0.3 is 5.97 Å². The van der Waals surface area contributed by atoms with Gasteiger partial charge in [0, 0.05) is 13.5 Å². The Morgan fingerprint density at radius 3 is 2.53 bits per heavy atom. The minimum absolute atomic E-state index is 0.0377. The Kier molecular flexibility index (Phi) is 7.02. The second kappa shape index (κ2) is 10.1. The average Bonchev–Trinajstić information content (AvgIpc) is 2.80. The van der Waals surface area contributed by atoms with Crippen LogP contribution in [0, 0.1) is 5.92 Å². The smallest absolute Gasteiger partial charge is 0.303 e. The van der Waals surface area contributed by atoms with E-state index in [1.54, 1.807) is 23.7 Å². The lowest BCUT2D eigenvalue weighted by Gasteiger charge is -2.29. The summed E-state index contributed by atoms with van der Waals surface area (Å²) >= 11 is 0. The summed E-state index contributed by atoms with van der Waals surface area (Å²) in [6.45, 7) is 2.79. The summed E-state index contributed by atoms with van der Waals surface area (Å²) in [5.41, 5.74) is 1.90. The zero-order valence-corrected chi connectivity index (χ0v) is 19.3. The summed E-state index contributed by atoms with van der Waals surface area (Å²) in [7, 11) is 1.67. The van der Waals surface area contributed by atoms with Crippen molar-refractivity contribution >= 4 is 28.9 Å². The number of fused-ring (bicyclic) bond motifs is 1. The van der Waals surface area contributed by atoms with Crippen LogP contribution in [0.3, 0.4) is 0 Å². The fourth-order valence-corrected chi connectivity index (χ4v) is 4.18. The first kappa shape index (κ1) is 23.6. The number of nitrogens with zero attached hydrogens (tertiary/aromatic N) is 4. The molecular weight excluding hydrogens is 436 g/mol. The molecule has 3 heterocycles. The number of carboxylic acid groups (broad SMARTS) is 1. The van der Waals surface area contributed by atoms with Crippen molar-refractivity contribution in [3.63, 3.8) is 0 Å². The molecule has 178 valence electrons. The number of pyridine rings is 1. The molecule has 1 N–H and O–H groups in total. The van der Waals surface area contributed by atoms with E-state index < -0.39 is 5.97 Å². The minimum atomic E-state index is -0.910. The topological polar surface area (TPSA) is 115 Å². The van der Waals surface area contributed by atoms with Gasteiger partial charge in [0.25, 0.3) is 5.56 Å². The number of carbonyl (C=O) groups is 2. The van der Waals surface area contributed by atoms with Crippen LogP contribution >= 0.6 is 0 Å². The number of hydrogen-bond acceptors (Lipinski definition) is 6. The van der Waals surface area contributed by atoms with Gasteiger partial charge in [-0.2, -0.15) is 0 Å². The number of aryl methyl sites for hydroxylation is 1. The van der Waals surface area contributed by atoms with Crippen molar-refractivity contribution in [1.82, 2.24) is 14.5 Å². The molecule has 1 aromatic carbocycles. The molecule has 1 fully saturated rings. The maximum absolute atomic E-state index is 13.6. The maximum Gasteiger partial charge on any atom is 0.303 e. The molecule has 0 spiro atoms. The fourth-order valence-electron chi connectivity index (χ4n) is 4.18. The Hall–Kier alpha value is -3.59. The van der Waals surface area contributed by atoms with Crippen molar-refractivity contribution in [2.24, 2.45) is 5.92 Å². The van der Waals surface area contributed by atoms with Gasteiger partial charge < -0.3 is 9.84 Å². The lowest BCUT2D eigenvalue weighted by molar-refractivity contribution is -0.137. The molecule has 1 aliphatic heterocycles. The van der Waals surface area contributed by atoms with Crippen LogP contribution in [-0.4, -0.2) is 51.8 Å². The van der Waals surface area contributed by atoms with E-state index in [0.29, 0.717) is 48.7 Å². The van der Waals surface area contributed by atoms with Crippen molar-refractivity contribution in [2.45, 2.75) is 38.6 Å². The van der Waals surface area contributed by atoms with Gasteiger partial charge in [-0.1, -0.05) is 37.3 Å². The van der Waals surface area contributed by atoms with Crippen LogP contribution in [0.15, 0.2) is 47.3 Å². The lowest BCUT2D eigenvalue weighted by Crippen LogP contribution is -2.43. The first-order valence-corrected chi connectivity index (χ1v) is 11.4. The first-order chi connectivity index (χ1) is 16.4. The molecule has 0 saturated carbocycles. The number of rotatable bonds is 9. The van der Waals surface area contributed by atoms with Gasteiger partial charge in [-0.3, -0.25) is 23.9 Å². The molecule has 4 rings (SSSR count). The highest BCUT2D eigenvalue weighted by Gasteiger charge is 2.30. The average molecular weight is 465 g/mol. The molecule has 0 bridgehead atoms. The molecule has 0 unspecified atom stereocenters. The summed E-state index contributed by atoms with van der Waals surface area (Å²) < 4.78 is 6.78. The van der Waals surface area contributed by atoms with E-state index >= 15 is 0 Å². The van der Waals surface area contributed by atoms with Crippen LogP contribution in [0.1, 0.15) is 43.5 Å². The van der Waals surface area contributed by atoms with Crippen LogP contribution in [0.2, 0.25) is 0 Å². The van der Waals surface area contributed by atoms with Gasteiger partial charge in [-0.05, 0) is 37.0 Å². The summed E-state index contributed by atoms with van der Waals surface area (Å²) in [6.07, 6.45) is 1.17. The third-order valence-electron chi connectivity index (χ3n) is 6.14. The zero-order valence-electron chi connectivity index (χ0n) is 19.3. The molecule has 0 radical (unpaired) electrons. The van der Waals surface area contributed by atoms with Crippen molar-refractivity contribution in [1.29, 1.82) is 0 Å². The Labute approximate surface area is 197 Å². The van der Waals surface area contributed by atoms with Gasteiger partial charge in [0.15, 0.2) is 5.65 Å². The molecule has 34 heavy (non-hydrogen) atoms. The second-order valence-electron chi connectivity index (χ2n) is 8.46. The Morgan fingerprint density at radius 1 is 1.18 bits per heavy atom. The van der Waals surface area contributed by atoms with Gasteiger partial charge in [0.1, 0.15) is 17.0 Å². The monoisotopic (exact) mass is 464 g/mol. The number of carbonyl (C=O) groups excluding carboxylic acids is 1. The van der Waals surface area contributed by atoms with Crippen LogP contribution in [0.4, 0.5) is 5.82 Å². The highest BCUT2D eigenvalue weighted by molar-refractivity contribution is 5.95. The molecule has 3 aromatic rings. The van der Waals surface area contributed by atoms with E-state index in [2.05, 4.69) is 4.98 Å². The highest BCUT2D eigenvalue weighted by Crippen LogP contribution is 2.26. The quantitative estimate of drug-likeness (QED) is 0.518. The van der Waals surface area contributed by atoms with Crippen LogP contribution in [-0.2, 0) is 20.7 Å². The summed E-state index contributed by atoms with van der Waals surface area (Å²) in [4.78, 5) is 48.1. The van der Waals surface area contributed by atoms with Crippen molar-refractivity contribution in [3.8, 4) is 0 Å². The number of aromatic nitrogens is 3. The molecule has 9 heteroatoms. The van der Waals surface area contributed by atoms with E-state index in [1.807, 2.05) is 37.3 Å². The number of benzene rings is 1. The van der Waals surface area contributed by atoms with Crippen LogP contribution < -0.4 is 10.5 Å². The third-order valence-corrected chi connectivity index (χ3v) is 6.14. The predicted octanol–water partition coefficient (Wildman–Crippen LogP) is 2.81. The van der Waals surface area contributed by atoms with Crippen molar-refractivity contribution in [3.05, 3.63) is 64.1 Å². The van der Waals surface area contributed by atoms with Crippen LogP contribution in [0.25, 0.3) is 11.2 Å². The summed E-state index contributed by atoms with van der Waals surface area (Å²) in [6, 6.07) is 12.9. The minimum Gasteiger partial charge on any atom is -0.481 e. The molecule has 9 nitrogen and oxygen atoms in total. The van der Waals surface area contributed by atoms with Gasteiger partial charge in [0.2, 0.25) is 5.91 Å². The standard InChI is InChI=1S/C25H28N4O5/c1-3-20(16-8-5-4-6-9-16)29-23-18(26-19(25(29)33)10-7-11-22(30)31)12-13-21(27-23)28(2)24(32)17-14-34-15-17/h4-6,8-9,12-13,17,20H,3,7,10-11,14-15H2,1-2H3,(H,30,31)/t20-/m0/s1.